The molecule has 2 rings (SSSR count). The van der Waals surface area contributed by atoms with Gasteiger partial charge in [0.2, 0.25) is 15.9 Å². The van der Waals surface area contributed by atoms with Crippen molar-refractivity contribution in [1.82, 2.24) is 14.2 Å². The lowest BCUT2D eigenvalue weighted by molar-refractivity contribution is -0.141. The smallest absolute Gasteiger partial charge is 0.434 e. The van der Waals surface area contributed by atoms with E-state index in [1.54, 1.807) is 0 Å². The fourth-order valence-electron chi connectivity index (χ4n) is 2.79. The average molecular weight is 406 g/mol. The Morgan fingerprint density at radius 3 is 2.37 bits per heavy atom. The van der Waals surface area contributed by atoms with Crippen LogP contribution < -0.4 is 0 Å². The van der Waals surface area contributed by atoms with Crippen molar-refractivity contribution in [1.29, 1.82) is 5.26 Å². The van der Waals surface area contributed by atoms with E-state index in [-0.39, 0.29) is 25.9 Å². The van der Waals surface area contributed by atoms with Gasteiger partial charge in [-0.15, -0.1) is 0 Å². The predicted molar refractivity (Wildman–Crippen MR) is 87.2 cm³/mol. The number of aromatic nitrogens is 1. The summed E-state index contributed by atoms with van der Waals surface area (Å²) in [7, 11) is -0.769. The van der Waals surface area contributed by atoms with E-state index in [0.717, 1.165) is 9.21 Å². The van der Waals surface area contributed by atoms with Gasteiger partial charge in [-0.1, -0.05) is 0 Å². The highest BCUT2D eigenvalue weighted by Crippen LogP contribution is 2.34. The van der Waals surface area contributed by atoms with Crippen LogP contribution in [-0.4, -0.2) is 66.1 Å². The molecule has 0 aromatic carbocycles. The molecule has 0 bridgehead atoms. The normalized spacial score (nSPS) is 16.4. The van der Waals surface area contributed by atoms with Crippen LogP contribution in [-0.2, 0) is 16.2 Å². The molecule has 8 nitrogen and oxygen atoms in total. The Bertz CT molecular complexity index is 886. The molecule has 1 N–H and O–H groups in total. The van der Waals surface area contributed by atoms with Crippen molar-refractivity contribution in [3.05, 3.63) is 22.9 Å². The highest BCUT2D eigenvalue weighted by Gasteiger charge is 2.40. The number of piperidine rings is 1. The second-order valence-corrected chi connectivity index (χ2v) is 8.61. The Balaban J connectivity index is 2.31. The first kappa shape index (κ1) is 20.9. The molecule has 0 atom stereocenters. The van der Waals surface area contributed by atoms with E-state index in [1.165, 1.54) is 20.2 Å². The van der Waals surface area contributed by atoms with E-state index in [0.29, 0.717) is 6.07 Å². The molecule has 0 spiro atoms. The van der Waals surface area contributed by atoms with Gasteiger partial charge in [-0.05, 0) is 18.9 Å². The lowest BCUT2D eigenvalue weighted by Crippen LogP contribution is -2.45. The first-order chi connectivity index (χ1) is 12.4. The standard InChI is InChI=1S/C15H17F3N4O4S/c1-21(2)27(25,26)10-3-5-22(6-4-10)14(24)11-7-9(8-19)13(23)20-12(11)15(16,17)18/h7,10H,3-6H2,1-2H3,(H,20,23). The summed E-state index contributed by atoms with van der Waals surface area (Å²) in [5, 5.41) is 17.6. The maximum atomic E-state index is 13.2. The van der Waals surface area contributed by atoms with E-state index >= 15 is 0 Å². The van der Waals surface area contributed by atoms with Crippen LogP contribution in [0.1, 0.15) is 34.5 Å². The SMILES string of the molecule is CN(C)S(=O)(=O)C1CCN(C(=O)c2cc(C#N)c(O)nc2C(F)(F)F)CC1. The number of nitrogens with zero attached hydrogens (tertiary/aromatic N) is 4. The van der Waals surface area contributed by atoms with E-state index in [4.69, 9.17) is 5.26 Å². The van der Waals surface area contributed by atoms with E-state index in [9.17, 15) is 31.5 Å². The minimum atomic E-state index is -5.01. The topological polar surface area (TPSA) is 115 Å². The summed E-state index contributed by atoms with van der Waals surface area (Å²) in [5.41, 5.74) is -3.01. The Labute approximate surface area is 153 Å². The Morgan fingerprint density at radius 2 is 1.93 bits per heavy atom. The van der Waals surface area contributed by atoms with Gasteiger partial charge in [0.1, 0.15) is 11.6 Å². The van der Waals surface area contributed by atoms with Gasteiger partial charge in [-0.3, -0.25) is 4.79 Å². The average Bonchev–Trinajstić information content (AvgIpc) is 2.60. The number of hydrogen-bond donors (Lipinski definition) is 1. The number of likely N-dealkylation sites (tertiary alicyclic amines) is 1. The molecule has 2 heterocycles. The molecule has 1 aromatic heterocycles. The van der Waals surface area contributed by atoms with Gasteiger partial charge < -0.3 is 10.0 Å². The molecule has 0 aliphatic carbocycles. The van der Waals surface area contributed by atoms with Crippen LogP contribution in [0, 0.1) is 11.3 Å². The number of carbonyl (C=O) groups is 1. The van der Waals surface area contributed by atoms with E-state index < -0.39 is 50.1 Å². The zero-order valence-electron chi connectivity index (χ0n) is 14.5. The van der Waals surface area contributed by atoms with E-state index in [2.05, 4.69) is 4.98 Å². The lowest BCUT2D eigenvalue weighted by atomic mass is 10.1. The van der Waals surface area contributed by atoms with Gasteiger partial charge in [0.25, 0.3) is 5.91 Å². The number of rotatable bonds is 3. The highest BCUT2D eigenvalue weighted by molar-refractivity contribution is 7.89. The van der Waals surface area contributed by atoms with Crippen LogP contribution in [0.3, 0.4) is 0 Å². The van der Waals surface area contributed by atoms with Crippen LogP contribution in [0.25, 0.3) is 0 Å². The van der Waals surface area contributed by atoms with Gasteiger partial charge >= 0.3 is 6.18 Å². The largest absolute Gasteiger partial charge is 0.492 e. The molecule has 0 unspecified atom stereocenters. The molecule has 27 heavy (non-hydrogen) atoms. The zero-order chi connectivity index (χ0) is 20.6. The summed E-state index contributed by atoms with van der Waals surface area (Å²) >= 11 is 0. The number of alkyl halides is 3. The molecule has 1 amide bonds. The quantitative estimate of drug-likeness (QED) is 0.806. The highest BCUT2D eigenvalue weighted by atomic mass is 32.2. The summed E-state index contributed by atoms with van der Waals surface area (Å²) in [6.07, 6.45) is -4.86. The number of nitriles is 1. The van der Waals surface area contributed by atoms with Crippen LogP contribution in [0.4, 0.5) is 13.2 Å². The predicted octanol–water partition coefficient (Wildman–Crippen LogP) is 1.17. The molecule has 1 saturated heterocycles. The first-order valence-electron chi connectivity index (χ1n) is 7.81. The summed E-state index contributed by atoms with van der Waals surface area (Å²) in [6, 6.07) is 2.13. The Hall–Kier alpha value is -2.39. The van der Waals surface area contributed by atoms with Gasteiger partial charge in [-0.25, -0.2) is 17.7 Å². The third-order valence-electron chi connectivity index (χ3n) is 4.28. The van der Waals surface area contributed by atoms with Crippen molar-refractivity contribution in [2.75, 3.05) is 27.2 Å². The molecule has 1 fully saturated rings. The van der Waals surface area contributed by atoms with Crippen molar-refractivity contribution in [3.8, 4) is 11.9 Å². The van der Waals surface area contributed by atoms with Crippen LogP contribution in [0.15, 0.2) is 6.07 Å². The van der Waals surface area contributed by atoms with Crippen molar-refractivity contribution in [2.24, 2.45) is 0 Å². The van der Waals surface area contributed by atoms with Crippen molar-refractivity contribution in [2.45, 2.75) is 24.3 Å². The summed E-state index contributed by atoms with van der Waals surface area (Å²) in [6.45, 7) is -0.118. The Kier molecular flexibility index (Phi) is 5.67. The fraction of sp³-hybridized carbons (Fsp3) is 0.533. The van der Waals surface area contributed by atoms with E-state index in [1.807, 2.05) is 0 Å². The Morgan fingerprint density at radius 1 is 1.37 bits per heavy atom. The van der Waals surface area contributed by atoms with Crippen molar-refractivity contribution in [3.63, 3.8) is 0 Å². The molecule has 1 aliphatic rings. The number of halogens is 3. The minimum Gasteiger partial charge on any atom is -0.492 e. The number of sulfonamides is 1. The summed E-state index contributed by atoms with van der Waals surface area (Å²) in [5.74, 6) is -2.14. The first-order valence-corrected chi connectivity index (χ1v) is 9.31. The second kappa shape index (κ2) is 7.32. The number of aromatic hydroxyl groups is 1. The number of amides is 1. The summed E-state index contributed by atoms with van der Waals surface area (Å²) < 4.78 is 64.9. The van der Waals surface area contributed by atoms with Crippen LogP contribution in [0.5, 0.6) is 5.88 Å². The van der Waals surface area contributed by atoms with Crippen molar-refractivity contribution < 1.29 is 31.5 Å². The van der Waals surface area contributed by atoms with Crippen molar-refractivity contribution >= 4 is 15.9 Å². The maximum Gasteiger partial charge on any atom is 0.434 e. The maximum absolute atomic E-state index is 13.2. The van der Waals surface area contributed by atoms with Crippen LogP contribution >= 0.6 is 0 Å². The molecule has 1 aliphatic heterocycles. The third kappa shape index (κ3) is 4.14. The second-order valence-electron chi connectivity index (χ2n) is 6.18. The molecular formula is C15H17F3N4O4S. The number of pyridine rings is 1. The van der Waals surface area contributed by atoms with Gasteiger partial charge in [0.15, 0.2) is 5.69 Å². The van der Waals surface area contributed by atoms with Gasteiger partial charge in [0.05, 0.1) is 10.8 Å². The number of hydrogen-bond acceptors (Lipinski definition) is 6. The third-order valence-corrected chi connectivity index (χ3v) is 6.61. The molecule has 0 saturated carbocycles. The fourth-order valence-corrected chi connectivity index (χ4v) is 4.19. The molecule has 148 valence electrons. The van der Waals surface area contributed by atoms with Crippen LogP contribution in [0.2, 0.25) is 0 Å². The minimum absolute atomic E-state index is 0.0589. The zero-order valence-corrected chi connectivity index (χ0v) is 15.3. The monoisotopic (exact) mass is 406 g/mol. The lowest BCUT2D eigenvalue weighted by Gasteiger charge is -2.33. The van der Waals surface area contributed by atoms with Gasteiger partial charge in [-0.2, -0.15) is 18.4 Å². The summed E-state index contributed by atoms with van der Waals surface area (Å²) in [4.78, 5) is 16.6. The molecule has 1 aromatic rings. The molecule has 12 heteroatoms. The number of carbonyl (C=O) groups excluding carboxylic acids is 1. The molecular weight excluding hydrogens is 389 g/mol. The van der Waals surface area contributed by atoms with Gasteiger partial charge in [0, 0.05) is 27.2 Å². The molecule has 0 radical (unpaired) electrons.